The van der Waals surface area contributed by atoms with Crippen LogP contribution in [0.4, 0.5) is 0 Å². The molecule has 0 radical (unpaired) electrons. The second-order valence-corrected chi connectivity index (χ2v) is 4.77. The van der Waals surface area contributed by atoms with Gasteiger partial charge in [0.1, 0.15) is 0 Å². The third-order valence-corrected chi connectivity index (χ3v) is 3.58. The summed E-state index contributed by atoms with van der Waals surface area (Å²) in [5.41, 5.74) is 0. The molecule has 1 aliphatic rings. The van der Waals surface area contributed by atoms with Gasteiger partial charge in [-0.3, -0.25) is 0 Å². The monoisotopic (exact) mass is 193 g/mol. The van der Waals surface area contributed by atoms with Crippen LogP contribution in [0.5, 0.6) is 0 Å². The summed E-state index contributed by atoms with van der Waals surface area (Å²) in [5, 5.41) is 4.21. The Labute approximate surface area is 83.9 Å². The lowest BCUT2D eigenvalue weighted by molar-refractivity contribution is 0.531. The summed E-state index contributed by atoms with van der Waals surface area (Å²) < 4.78 is 0. The average molecular weight is 193 g/mol. The van der Waals surface area contributed by atoms with Gasteiger partial charge in [0.2, 0.25) is 0 Å². The van der Waals surface area contributed by atoms with Crippen LogP contribution in [0.25, 0.3) is 0 Å². The van der Waals surface area contributed by atoms with Crippen molar-refractivity contribution in [2.45, 2.75) is 23.0 Å². The molecule has 0 amide bonds. The molecule has 1 N–H and O–H groups in total. The van der Waals surface area contributed by atoms with Gasteiger partial charge in [-0.1, -0.05) is 18.2 Å². The molecule has 13 heavy (non-hydrogen) atoms. The minimum Gasteiger partial charge on any atom is -0.316 e. The van der Waals surface area contributed by atoms with Crippen LogP contribution < -0.4 is 5.32 Å². The zero-order chi connectivity index (χ0) is 8.93. The first-order valence-corrected chi connectivity index (χ1v) is 5.75. The summed E-state index contributed by atoms with van der Waals surface area (Å²) in [6.07, 6.45) is 2.68. The van der Waals surface area contributed by atoms with Gasteiger partial charge in [0.15, 0.2) is 0 Å². The fraction of sp³-hybridized carbons (Fsp3) is 0.455. The molecule has 1 fully saturated rings. The third-order valence-electron chi connectivity index (χ3n) is 2.30. The van der Waals surface area contributed by atoms with Gasteiger partial charge in [-0.05, 0) is 31.5 Å². The Hall–Kier alpha value is -0.470. The number of thioether (sulfide) groups is 1. The lowest BCUT2D eigenvalue weighted by atomic mass is 10.2. The molecule has 1 atom stereocenters. The maximum absolute atomic E-state index is 3.43. The number of rotatable bonds is 2. The molecule has 0 spiro atoms. The molecule has 1 heterocycles. The number of nitrogens with one attached hydrogen (secondary N) is 1. The molecule has 0 aromatic heterocycles. The van der Waals surface area contributed by atoms with Crippen LogP contribution in [0.3, 0.4) is 0 Å². The van der Waals surface area contributed by atoms with E-state index in [-0.39, 0.29) is 0 Å². The average Bonchev–Trinajstić information content (AvgIpc) is 2.21. The molecule has 1 aliphatic heterocycles. The minimum absolute atomic E-state index is 0.774. The number of hydrogen-bond acceptors (Lipinski definition) is 2. The van der Waals surface area contributed by atoms with E-state index in [1.165, 1.54) is 30.8 Å². The second-order valence-electron chi connectivity index (χ2n) is 3.40. The first kappa shape index (κ1) is 9.10. The van der Waals surface area contributed by atoms with Gasteiger partial charge in [-0.2, -0.15) is 0 Å². The molecular weight excluding hydrogens is 178 g/mol. The molecule has 1 aromatic carbocycles. The van der Waals surface area contributed by atoms with Crippen molar-refractivity contribution in [1.82, 2.24) is 5.32 Å². The van der Waals surface area contributed by atoms with Crippen molar-refractivity contribution < 1.29 is 0 Å². The highest BCUT2D eigenvalue weighted by molar-refractivity contribution is 8.00. The fourth-order valence-electron chi connectivity index (χ4n) is 1.61. The summed E-state index contributed by atoms with van der Waals surface area (Å²) in [6, 6.07) is 10.7. The topological polar surface area (TPSA) is 12.0 Å². The van der Waals surface area contributed by atoms with Crippen LogP contribution in [-0.4, -0.2) is 18.3 Å². The predicted octanol–water partition coefficient (Wildman–Crippen LogP) is 2.53. The zero-order valence-electron chi connectivity index (χ0n) is 7.70. The predicted molar refractivity (Wildman–Crippen MR) is 58.2 cm³/mol. The molecule has 1 aromatic rings. The maximum atomic E-state index is 3.43. The van der Waals surface area contributed by atoms with Gasteiger partial charge in [-0.25, -0.2) is 0 Å². The van der Waals surface area contributed by atoms with E-state index >= 15 is 0 Å². The largest absolute Gasteiger partial charge is 0.316 e. The van der Waals surface area contributed by atoms with Crippen LogP contribution in [0, 0.1) is 0 Å². The molecule has 70 valence electrons. The molecule has 0 saturated carbocycles. The van der Waals surface area contributed by atoms with Crippen molar-refractivity contribution in [1.29, 1.82) is 0 Å². The Kier molecular flexibility index (Phi) is 3.27. The zero-order valence-corrected chi connectivity index (χ0v) is 8.52. The molecule has 2 rings (SSSR count). The number of hydrogen-bond donors (Lipinski definition) is 1. The van der Waals surface area contributed by atoms with E-state index in [2.05, 4.69) is 35.6 Å². The van der Waals surface area contributed by atoms with E-state index in [1.807, 2.05) is 11.8 Å². The number of piperidine rings is 1. The molecule has 0 aliphatic carbocycles. The third kappa shape index (κ3) is 2.75. The van der Waals surface area contributed by atoms with Crippen LogP contribution in [0.2, 0.25) is 0 Å². The van der Waals surface area contributed by atoms with Crippen LogP contribution in [0.1, 0.15) is 12.8 Å². The number of benzene rings is 1. The summed E-state index contributed by atoms with van der Waals surface area (Å²) in [7, 11) is 0. The van der Waals surface area contributed by atoms with E-state index in [9.17, 15) is 0 Å². The Morgan fingerprint density at radius 3 is 2.77 bits per heavy atom. The van der Waals surface area contributed by atoms with Crippen molar-refractivity contribution in [2.24, 2.45) is 0 Å². The van der Waals surface area contributed by atoms with Gasteiger partial charge in [0.05, 0.1) is 0 Å². The summed E-state index contributed by atoms with van der Waals surface area (Å²) in [5.74, 6) is 0. The highest BCUT2D eigenvalue weighted by Crippen LogP contribution is 2.26. The standard InChI is InChI=1S/C11H15NS/c1-2-5-10(6-3-1)13-11-7-4-8-12-9-11/h1-3,5-6,11-12H,4,7-9H2/t11-/m1/s1. The Morgan fingerprint density at radius 2 is 2.08 bits per heavy atom. The van der Waals surface area contributed by atoms with E-state index in [1.54, 1.807) is 0 Å². The van der Waals surface area contributed by atoms with Crippen LogP contribution >= 0.6 is 11.8 Å². The molecule has 0 unspecified atom stereocenters. The quantitative estimate of drug-likeness (QED) is 0.774. The van der Waals surface area contributed by atoms with Gasteiger partial charge >= 0.3 is 0 Å². The van der Waals surface area contributed by atoms with Gasteiger partial charge < -0.3 is 5.32 Å². The SMILES string of the molecule is c1ccc(S[C@@H]2CCCNC2)cc1. The lowest BCUT2D eigenvalue weighted by Gasteiger charge is -2.21. The Balaban J connectivity index is 1.90. The van der Waals surface area contributed by atoms with Crippen LogP contribution in [-0.2, 0) is 0 Å². The van der Waals surface area contributed by atoms with Crippen molar-refractivity contribution >= 4 is 11.8 Å². The van der Waals surface area contributed by atoms with Crippen LogP contribution in [0.15, 0.2) is 35.2 Å². The fourth-order valence-corrected chi connectivity index (χ4v) is 2.80. The van der Waals surface area contributed by atoms with Gasteiger partial charge in [0, 0.05) is 16.7 Å². The van der Waals surface area contributed by atoms with Crippen molar-refractivity contribution in [3.8, 4) is 0 Å². The molecule has 1 nitrogen and oxygen atoms in total. The smallest absolute Gasteiger partial charge is 0.0220 e. The van der Waals surface area contributed by atoms with Crippen molar-refractivity contribution in [3.63, 3.8) is 0 Å². The molecule has 2 heteroatoms. The Bertz CT molecular complexity index is 242. The van der Waals surface area contributed by atoms with Crippen molar-refractivity contribution in [3.05, 3.63) is 30.3 Å². The van der Waals surface area contributed by atoms with Gasteiger partial charge in [0.25, 0.3) is 0 Å². The van der Waals surface area contributed by atoms with E-state index in [0.717, 1.165) is 5.25 Å². The lowest BCUT2D eigenvalue weighted by Crippen LogP contribution is -2.31. The second kappa shape index (κ2) is 4.68. The Morgan fingerprint density at radius 1 is 1.23 bits per heavy atom. The van der Waals surface area contributed by atoms with Gasteiger partial charge in [-0.15, -0.1) is 11.8 Å². The summed E-state index contributed by atoms with van der Waals surface area (Å²) >= 11 is 2.00. The molecule has 1 saturated heterocycles. The highest BCUT2D eigenvalue weighted by atomic mass is 32.2. The first-order valence-electron chi connectivity index (χ1n) is 4.87. The normalized spacial score (nSPS) is 22.9. The minimum atomic E-state index is 0.774. The summed E-state index contributed by atoms with van der Waals surface area (Å²) in [4.78, 5) is 1.40. The first-order chi connectivity index (χ1) is 6.45. The van der Waals surface area contributed by atoms with E-state index in [0.29, 0.717) is 0 Å². The highest BCUT2D eigenvalue weighted by Gasteiger charge is 2.13. The van der Waals surface area contributed by atoms with E-state index in [4.69, 9.17) is 0 Å². The van der Waals surface area contributed by atoms with Crippen molar-refractivity contribution in [2.75, 3.05) is 13.1 Å². The maximum Gasteiger partial charge on any atom is 0.0220 e. The van der Waals surface area contributed by atoms with E-state index < -0.39 is 0 Å². The molecular formula is C11H15NS. The summed E-state index contributed by atoms with van der Waals surface area (Å²) in [6.45, 7) is 2.37. The molecule has 0 bridgehead atoms.